The predicted octanol–water partition coefficient (Wildman–Crippen LogP) is 4.96. The van der Waals surface area contributed by atoms with Gasteiger partial charge in [0.25, 0.3) is 0 Å². The predicted molar refractivity (Wildman–Crippen MR) is 90.4 cm³/mol. The van der Waals surface area contributed by atoms with Crippen LogP contribution in [0.4, 0.5) is 0 Å². The molecule has 0 N–H and O–H groups in total. The van der Waals surface area contributed by atoms with Crippen LogP contribution in [0.3, 0.4) is 0 Å². The standard InChI is InChI=1S/C20H14N2/c1-2-4-15(5-3-1)17-6-7-20-19(14-17)18(10-13-22-20)16-8-11-21-12-9-16/h1-14H. The number of hydrogen-bond acceptors (Lipinski definition) is 2. The zero-order chi connectivity index (χ0) is 14.8. The van der Waals surface area contributed by atoms with Crippen LogP contribution in [0.2, 0.25) is 0 Å². The summed E-state index contributed by atoms with van der Waals surface area (Å²) >= 11 is 0. The Bertz CT molecular complexity index is 916. The molecule has 0 bridgehead atoms. The van der Waals surface area contributed by atoms with E-state index in [1.807, 2.05) is 36.8 Å². The highest BCUT2D eigenvalue weighted by Crippen LogP contribution is 2.30. The third-order valence-electron chi connectivity index (χ3n) is 3.84. The van der Waals surface area contributed by atoms with E-state index in [1.54, 1.807) is 0 Å². The van der Waals surface area contributed by atoms with Gasteiger partial charge in [-0.3, -0.25) is 9.97 Å². The molecule has 0 saturated heterocycles. The van der Waals surface area contributed by atoms with Gasteiger partial charge < -0.3 is 0 Å². The second-order valence-electron chi connectivity index (χ2n) is 5.19. The van der Waals surface area contributed by atoms with Gasteiger partial charge in [-0.05, 0) is 52.6 Å². The van der Waals surface area contributed by atoms with Crippen molar-refractivity contribution in [3.8, 4) is 22.3 Å². The summed E-state index contributed by atoms with van der Waals surface area (Å²) < 4.78 is 0. The smallest absolute Gasteiger partial charge is 0.0708 e. The van der Waals surface area contributed by atoms with Gasteiger partial charge >= 0.3 is 0 Å². The summed E-state index contributed by atoms with van der Waals surface area (Å²) in [5, 5.41) is 1.16. The first-order valence-electron chi connectivity index (χ1n) is 7.26. The molecule has 0 aliphatic heterocycles. The molecule has 4 aromatic rings. The molecule has 22 heavy (non-hydrogen) atoms. The van der Waals surface area contributed by atoms with Crippen molar-refractivity contribution in [1.82, 2.24) is 9.97 Å². The lowest BCUT2D eigenvalue weighted by atomic mass is 9.98. The minimum absolute atomic E-state index is 1.01. The van der Waals surface area contributed by atoms with Crippen molar-refractivity contribution in [1.29, 1.82) is 0 Å². The average Bonchev–Trinajstić information content (AvgIpc) is 2.62. The lowest BCUT2D eigenvalue weighted by molar-refractivity contribution is 1.33. The first-order chi connectivity index (χ1) is 10.9. The van der Waals surface area contributed by atoms with Crippen LogP contribution in [-0.2, 0) is 0 Å². The second kappa shape index (κ2) is 5.41. The molecule has 2 heteroatoms. The minimum Gasteiger partial charge on any atom is -0.265 e. The van der Waals surface area contributed by atoms with Crippen LogP contribution in [0.1, 0.15) is 0 Å². The Morgan fingerprint density at radius 2 is 1.41 bits per heavy atom. The molecule has 0 atom stereocenters. The number of hydrogen-bond donors (Lipinski definition) is 0. The van der Waals surface area contributed by atoms with E-state index in [-0.39, 0.29) is 0 Å². The summed E-state index contributed by atoms with van der Waals surface area (Å²) in [7, 11) is 0. The highest BCUT2D eigenvalue weighted by atomic mass is 14.6. The first kappa shape index (κ1) is 12.7. The Kier molecular flexibility index (Phi) is 3.13. The monoisotopic (exact) mass is 282 g/mol. The maximum Gasteiger partial charge on any atom is 0.0708 e. The normalized spacial score (nSPS) is 10.7. The summed E-state index contributed by atoms with van der Waals surface area (Å²) in [6.45, 7) is 0. The van der Waals surface area contributed by atoms with E-state index in [0.717, 1.165) is 16.5 Å². The Balaban J connectivity index is 1.95. The van der Waals surface area contributed by atoms with Crippen molar-refractivity contribution in [2.45, 2.75) is 0 Å². The Morgan fingerprint density at radius 1 is 0.591 bits per heavy atom. The maximum atomic E-state index is 4.49. The lowest BCUT2D eigenvalue weighted by Crippen LogP contribution is -1.86. The zero-order valence-electron chi connectivity index (χ0n) is 12.0. The molecule has 0 aliphatic carbocycles. The van der Waals surface area contributed by atoms with Crippen molar-refractivity contribution >= 4 is 10.9 Å². The van der Waals surface area contributed by atoms with Crippen LogP contribution in [0.5, 0.6) is 0 Å². The summed E-state index contributed by atoms with van der Waals surface area (Å²) in [5.41, 5.74) is 5.78. The van der Waals surface area contributed by atoms with E-state index >= 15 is 0 Å². The Morgan fingerprint density at radius 3 is 2.23 bits per heavy atom. The van der Waals surface area contributed by atoms with Crippen LogP contribution >= 0.6 is 0 Å². The molecular formula is C20H14N2. The number of rotatable bonds is 2. The second-order valence-corrected chi connectivity index (χ2v) is 5.19. The lowest BCUT2D eigenvalue weighted by Gasteiger charge is -2.08. The summed E-state index contributed by atoms with van der Waals surface area (Å²) in [5.74, 6) is 0. The molecule has 0 fully saturated rings. The molecule has 0 aliphatic rings. The van der Waals surface area contributed by atoms with Gasteiger partial charge in [-0.1, -0.05) is 36.4 Å². The quantitative estimate of drug-likeness (QED) is 0.519. The highest BCUT2D eigenvalue weighted by Gasteiger charge is 2.06. The third kappa shape index (κ3) is 2.25. The van der Waals surface area contributed by atoms with Crippen LogP contribution in [-0.4, -0.2) is 9.97 Å². The largest absolute Gasteiger partial charge is 0.265 e. The van der Waals surface area contributed by atoms with Crippen molar-refractivity contribution in [3.05, 3.63) is 85.3 Å². The first-order valence-corrected chi connectivity index (χ1v) is 7.26. The van der Waals surface area contributed by atoms with E-state index in [1.165, 1.54) is 16.7 Å². The molecule has 2 nitrogen and oxygen atoms in total. The fourth-order valence-corrected chi connectivity index (χ4v) is 2.74. The summed E-state index contributed by atoms with van der Waals surface area (Å²) in [4.78, 5) is 8.59. The molecule has 4 rings (SSSR count). The van der Waals surface area contributed by atoms with Crippen molar-refractivity contribution in [2.24, 2.45) is 0 Å². The molecule has 2 aromatic carbocycles. The van der Waals surface area contributed by atoms with Gasteiger partial charge in [0.2, 0.25) is 0 Å². The summed E-state index contributed by atoms with van der Waals surface area (Å²) in [6, 6.07) is 23.0. The van der Waals surface area contributed by atoms with Gasteiger partial charge in [-0.15, -0.1) is 0 Å². The minimum atomic E-state index is 1.01. The average molecular weight is 282 g/mol. The van der Waals surface area contributed by atoms with Gasteiger partial charge in [-0.25, -0.2) is 0 Å². The molecule has 2 heterocycles. The fourth-order valence-electron chi connectivity index (χ4n) is 2.74. The van der Waals surface area contributed by atoms with E-state index in [2.05, 4.69) is 58.5 Å². The highest BCUT2D eigenvalue weighted by molar-refractivity contribution is 5.96. The van der Waals surface area contributed by atoms with Crippen LogP contribution in [0, 0.1) is 0 Å². The topological polar surface area (TPSA) is 25.8 Å². The number of benzene rings is 2. The summed E-state index contributed by atoms with van der Waals surface area (Å²) in [6.07, 6.45) is 5.51. The maximum absolute atomic E-state index is 4.49. The molecule has 0 spiro atoms. The molecule has 0 amide bonds. The van der Waals surface area contributed by atoms with Gasteiger partial charge in [0, 0.05) is 24.0 Å². The number of fused-ring (bicyclic) bond motifs is 1. The van der Waals surface area contributed by atoms with E-state index in [0.29, 0.717) is 0 Å². The number of aromatic nitrogens is 2. The zero-order valence-corrected chi connectivity index (χ0v) is 12.0. The molecule has 0 unspecified atom stereocenters. The van der Waals surface area contributed by atoms with Crippen LogP contribution in [0.15, 0.2) is 85.3 Å². The molecular weight excluding hydrogens is 268 g/mol. The van der Waals surface area contributed by atoms with E-state index in [9.17, 15) is 0 Å². The van der Waals surface area contributed by atoms with Crippen molar-refractivity contribution in [3.63, 3.8) is 0 Å². The van der Waals surface area contributed by atoms with Crippen LogP contribution < -0.4 is 0 Å². The van der Waals surface area contributed by atoms with Crippen LogP contribution in [0.25, 0.3) is 33.2 Å². The van der Waals surface area contributed by atoms with Crippen molar-refractivity contribution in [2.75, 3.05) is 0 Å². The molecule has 0 saturated carbocycles. The SMILES string of the molecule is c1ccc(-c2ccc3nccc(-c4ccncc4)c3c2)cc1. The van der Waals surface area contributed by atoms with Gasteiger partial charge in [0.15, 0.2) is 0 Å². The van der Waals surface area contributed by atoms with Gasteiger partial charge in [0.05, 0.1) is 5.52 Å². The Labute approximate surface area is 129 Å². The number of pyridine rings is 2. The third-order valence-corrected chi connectivity index (χ3v) is 3.84. The molecule has 2 aromatic heterocycles. The Hall–Kier alpha value is -3.00. The van der Waals surface area contributed by atoms with Gasteiger partial charge in [-0.2, -0.15) is 0 Å². The van der Waals surface area contributed by atoms with E-state index < -0.39 is 0 Å². The number of nitrogens with zero attached hydrogens (tertiary/aromatic N) is 2. The van der Waals surface area contributed by atoms with Crippen molar-refractivity contribution < 1.29 is 0 Å². The molecule has 104 valence electrons. The molecule has 0 radical (unpaired) electrons. The van der Waals surface area contributed by atoms with E-state index in [4.69, 9.17) is 0 Å². The van der Waals surface area contributed by atoms with Gasteiger partial charge in [0.1, 0.15) is 0 Å². The fraction of sp³-hybridized carbons (Fsp3) is 0.